The lowest BCUT2D eigenvalue weighted by molar-refractivity contribution is 0.244. The molecule has 0 aliphatic rings. The minimum atomic E-state index is -0.315. The van der Waals surface area contributed by atoms with E-state index in [1.165, 1.54) is 0 Å². The van der Waals surface area contributed by atoms with Gasteiger partial charge in [-0.3, -0.25) is 0 Å². The Kier molecular flexibility index (Phi) is 6.28. The number of nitrogens with zero attached hydrogens (tertiary/aromatic N) is 1. The van der Waals surface area contributed by atoms with E-state index in [0.717, 1.165) is 5.56 Å². The van der Waals surface area contributed by atoms with E-state index < -0.39 is 0 Å². The van der Waals surface area contributed by atoms with Crippen molar-refractivity contribution in [2.75, 3.05) is 26.0 Å². The Morgan fingerprint density at radius 3 is 2.43 bits per heavy atom. The number of urea groups is 1. The third-order valence-corrected chi connectivity index (χ3v) is 3.78. The molecule has 0 aromatic heterocycles. The topological polar surface area (TPSA) is 44.4 Å². The number of hydrogen-bond donors (Lipinski definition) is 2. The first-order chi connectivity index (χ1) is 11.0. The number of amides is 2. The van der Waals surface area contributed by atoms with Crippen molar-refractivity contribution in [3.05, 3.63) is 64.1 Å². The molecule has 2 N–H and O–H groups in total. The third kappa shape index (κ3) is 5.43. The molecule has 0 saturated heterocycles. The van der Waals surface area contributed by atoms with Gasteiger partial charge >= 0.3 is 6.03 Å². The highest BCUT2D eigenvalue weighted by Gasteiger charge is 2.16. The van der Waals surface area contributed by atoms with Crippen LogP contribution in [0, 0.1) is 0 Å². The van der Waals surface area contributed by atoms with Crippen LogP contribution in [0.2, 0.25) is 10.0 Å². The van der Waals surface area contributed by atoms with E-state index in [2.05, 4.69) is 10.6 Å². The molecule has 0 heterocycles. The fourth-order valence-electron chi connectivity index (χ4n) is 2.19. The number of benzene rings is 2. The summed E-state index contributed by atoms with van der Waals surface area (Å²) in [5, 5.41) is 6.65. The fraction of sp³-hybridized carbons (Fsp3) is 0.235. The van der Waals surface area contributed by atoms with Crippen LogP contribution >= 0.6 is 23.2 Å². The smallest absolute Gasteiger partial charge is 0.319 e. The maximum Gasteiger partial charge on any atom is 0.319 e. The molecule has 0 fully saturated rings. The number of likely N-dealkylation sites (N-methyl/N-ethyl adjacent to an activating group) is 1. The van der Waals surface area contributed by atoms with Crippen molar-refractivity contribution in [2.45, 2.75) is 6.04 Å². The molecule has 2 amide bonds. The molecule has 0 saturated carbocycles. The van der Waals surface area contributed by atoms with Crippen molar-refractivity contribution in [2.24, 2.45) is 0 Å². The van der Waals surface area contributed by atoms with Gasteiger partial charge in [0.15, 0.2) is 0 Å². The van der Waals surface area contributed by atoms with Gasteiger partial charge in [0.25, 0.3) is 0 Å². The predicted octanol–water partition coefficient (Wildman–Crippen LogP) is 4.42. The number of halogens is 2. The molecule has 0 aliphatic carbocycles. The van der Waals surface area contributed by atoms with Crippen LogP contribution in [0.15, 0.2) is 48.5 Å². The van der Waals surface area contributed by atoms with Crippen molar-refractivity contribution in [3.8, 4) is 0 Å². The van der Waals surface area contributed by atoms with Crippen LogP contribution in [0.1, 0.15) is 11.6 Å². The zero-order chi connectivity index (χ0) is 16.8. The summed E-state index contributed by atoms with van der Waals surface area (Å²) in [6.07, 6.45) is 0. The van der Waals surface area contributed by atoms with E-state index in [-0.39, 0.29) is 12.1 Å². The standard InChI is InChI=1S/C17H19Cl2N3O/c1-22(2)11-16(12-6-4-3-5-7-12)21-17(23)20-15-9-8-13(18)10-14(15)19/h3-10,16H,11H2,1-2H3,(H2,20,21,23). The van der Waals surface area contributed by atoms with Crippen molar-refractivity contribution in [3.63, 3.8) is 0 Å². The van der Waals surface area contributed by atoms with E-state index in [4.69, 9.17) is 23.2 Å². The second-order valence-corrected chi connectivity index (χ2v) is 6.29. The summed E-state index contributed by atoms with van der Waals surface area (Å²) < 4.78 is 0. The molecular formula is C17H19Cl2N3O. The van der Waals surface area contributed by atoms with Gasteiger partial charge in [-0.05, 0) is 37.9 Å². The SMILES string of the molecule is CN(C)CC(NC(=O)Nc1ccc(Cl)cc1Cl)c1ccccc1. The van der Waals surface area contributed by atoms with Crippen LogP contribution in [-0.4, -0.2) is 31.6 Å². The highest BCUT2D eigenvalue weighted by molar-refractivity contribution is 6.36. The van der Waals surface area contributed by atoms with Crippen LogP contribution in [-0.2, 0) is 0 Å². The molecule has 0 radical (unpaired) electrons. The lowest BCUT2D eigenvalue weighted by atomic mass is 10.1. The quantitative estimate of drug-likeness (QED) is 0.837. The molecule has 4 nitrogen and oxygen atoms in total. The summed E-state index contributed by atoms with van der Waals surface area (Å²) >= 11 is 11.9. The summed E-state index contributed by atoms with van der Waals surface area (Å²) in [6.45, 7) is 0.686. The first-order valence-corrected chi connectivity index (χ1v) is 7.93. The van der Waals surface area contributed by atoms with Crippen LogP contribution in [0.4, 0.5) is 10.5 Å². The third-order valence-electron chi connectivity index (χ3n) is 3.23. The Bertz CT molecular complexity index is 662. The van der Waals surface area contributed by atoms with Gasteiger partial charge in [0.2, 0.25) is 0 Å². The van der Waals surface area contributed by atoms with Gasteiger partial charge in [-0.2, -0.15) is 0 Å². The largest absolute Gasteiger partial charge is 0.330 e. The zero-order valence-corrected chi connectivity index (χ0v) is 14.5. The normalized spacial score (nSPS) is 12.0. The van der Waals surface area contributed by atoms with Crippen molar-refractivity contribution >= 4 is 34.9 Å². The molecule has 0 spiro atoms. The van der Waals surface area contributed by atoms with Crippen molar-refractivity contribution < 1.29 is 4.79 Å². The number of rotatable bonds is 5. The highest BCUT2D eigenvalue weighted by atomic mass is 35.5. The molecule has 0 aliphatic heterocycles. The Morgan fingerprint density at radius 1 is 1.13 bits per heavy atom. The fourth-order valence-corrected chi connectivity index (χ4v) is 2.65. The molecule has 0 bridgehead atoms. The Hall–Kier alpha value is -1.75. The van der Waals surface area contributed by atoms with E-state index in [0.29, 0.717) is 22.3 Å². The molecule has 2 aromatic rings. The van der Waals surface area contributed by atoms with Gasteiger partial charge in [0, 0.05) is 11.6 Å². The van der Waals surface area contributed by atoms with Gasteiger partial charge in [0.05, 0.1) is 16.8 Å². The molecule has 122 valence electrons. The lowest BCUT2D eigenvalue weighted by Crippen LogP contribution is -2.37. The summed E-state index contributed by atoms with van der Waals surface area (Å²) in [5.41, 5.74) is 1.56. The van der Waals surface area contributed by atoms with Gasteiger partial charge in [-0.15, -0.1) is 0 Å². The molecule has 2 aromatic carbocycles. The predicted molar refractivity (Wildman–Crippen MR) is 96.4 cm³/mol. The van der Waals surface area contributed by atoms with Crippen LogP contribution in [0.5, 0.6) is 0 Å². The van der Waals surface area contributed by atoms with Crippen molar-refractivity contribution in [1.82, 2.24) is 10.2 Å². The number of carbonyl (C=O) groups is 1. The first-order valence-electron chi connectivity index (χ1n) is 7.18. The average molecular weight is 352 g/mol. The Morgan fingerprint density at radius 2 is 1.83 bits per heavy atom. The van der Waals surface area contributed by atoms with Crippen molar-refractivity contribution in [1.29, 1.82) is 0 Å². The van der Waals surface area contributed by atoms with Crippen LogP contribution in [0.25, 0.3) is 0 Å². The minimum absolute atomic E-state index is 0.128. The molecule has 1 atom stereocenters. The number of hydrogen-bond acceptors (Lipinski definition) is 2. The second-order valence-electron chi connectivity index (χ2n) is 5.45. The lowest BCUT2D eigenvalue weighted by Gasteiger charge is -2.23. The zero-order valence-electron chi connectivity index (χ0n) is 13.0. The molecular weight excluding hydrogens is 333 g/mol. The van der Waals surface area contributed by atoms with E-state index in [1.54, 1.807) is 18.2 Å². The highest BCUT2D eigenvalue weighted by Crippen LogP contribution is 2.25. The monoisotopic (exact) mass is 351 g/mol. The van der Waals surface area contributed by atoms with Crippen LogP contribution < -0.4 is 10.6 Å². The number of anilines is 1. The molecule has 6 heteroatoms. The Labute approximate surface area is 146 Å². The van der Waals surface area contributed by atoms with E-state index >= 15 is 0 Å². The van der Waals surface area contributed by atoms with Crippen LogP contribution in [0.3, 0.4) is 0 Å². The average Bonchev–Trinajstić information content (AvgIpc) is 2.50. The number of nitrogens with one attached hydrogen (secondary N) is 2. The minimum Gasteiger partial charge on any atom is -0.330 e. The maximum atomic E-state index is 12.3. The molecule has 1 unspecified atom stereocenters. The van der Waals surface area contributed by atoms with Gasteiger partial charge in [0.1, 0.15) is 0 Å². The van der Waals surface area contributed by atoms with Gasteiger partial charge < -0.3 is 15.5 Å². The number of carbonyl (C=O) groups excluding carboxylic acids is 1. The van der Waals surface area contributed by atoms with Gasteiger partial charge in [-0.25, -0.2) is 4.79 Å². The summed E-state index contributed by atoms with van der Waals surface area (Å²) in [7, 11) is 3.93. The van der Waals surface area contributed by atoms with E-state index in [9.17, 15) is 4.79 Å². The molecule has 23 heavy (non-hydrogen) atoms. The van der Waals surface area contributed by atoms with Gasteiger partial charge in [-0.1, -0.05) is 53.5 Å². The first kappa shape index (κ1) is 17.6. The summed E-state index contributed by atoms with van der Waals surface area (Å²) in [5.74, 6) is 0. The summed E-state index contributed by atoms with van der Waals surface area (Å²) in [4.78, 5) is 14.3. The molecule has 2 rings (SSSR count). The Balaban J connectivity index is 2.08. The maximum absolute atomic E-state index is 12.3. The second kappa shape index (κ2) is 8.20. The summed E-state index contributed by atoms with van der Waals surface area (Å²) in [6, 6.07) is 14.3. The van der Waals surface area contributed by atoms with E-state index in [1.807, 2.05) is 49.3 Å².